The molecule has 0 spiro atoms. The van der Waals surface area contributed by atoms with E-state index in [0.29, 0.717) is 39.6 Å². The molecule has 5 aromatic heterocycles. The summed E-state index contributed by atoms with van der Waals surface area (Å²) >= 11 is 0. The van der Waals surface area contributed by atoms with Gasteiger partial charge in [-0.15, -0.1) is 24.3 Å². The number of hydrogen-bond donors (Lipinski definition) is 0. The molecule has 13 aromatic rings. The first kappa shape index (κ1) is 34.0. The van der Waals surface area contributed by atoms with Gasteiger partial charge < -0.3 is 18.4 Å². The number of aromatic nitrogens is 6. The fourth-order valence-corrected chi connectivity index (χ4v) is 9.59. The van der Waals surface area contributed by atoms with Gasteiger partial charge in [0.15, 0.2) is 0 Å². The molecule has 0 N–H and O–H groups in total. The van der Waals surface area contributed by atoms with Crippen LogP contribution in [-0.4, -0.2) is 23.7 Å². The van der Waals surface area contributed by atoms with E-state index < -0.39 is 60.4 Å². The van der Waals surface area contributed by atoms with Crippen LogP contribution in [0.4, 0.5) is 0 Å². The van der Waals surface area contributed by atoms with Gasteiger partial charge in [-0.1, -0.05) is 171 Å². The van der Waals surface area contributed by atoms with Crippen LogP contribution >= 0.6 is 0 Å². The van der Waals surface area contributed by atoms with Gasteiger partial charge >= 0.3 is 0 Å². The average molecular weight is 1110 g/mol. The molecule has 8 aromatic carbocycles. The maximum absolute atomic E-state index is 9.10. The second-order valence-corrected chi connectivity index (χ2v) is 17.9. The van der Waals surface area contributed by atoms with Gasteiger partial charge in [-0.05, 0) is 86.4 Å². The summed E-state index contributed by atoms with van der Waals surface area (Å²) in [6.45, 7) is 6.52. The van der Waals surface area contributed by atoms with Gasteiger partial charge in [0.25, 0.3) is 6.33 Å². The van der Waals surface area contributed by atoms with Crippen molar-refractivity contribution >= 4 is 54.8 Å². The zero-order valence-electron chi connectivity index (χ0n) is 48.3. The van der Waals surface area contributed by atoms with E-state index in [1.807, 2.05) is 85.1 Å². The van der Waals surface area contributed by atoms with E-state index in [4.69, 9.17) is 28.4 Å². The number of pyridine rings is 2. The Hall–Kier alpha value is -8.38. The Balaban J connectivity index is 0.00000651. The maximum Gasteiger partial charge on any atom is 0.268 e. The fourth-order valence-electron chi connectivity index (χ4n) is 9.59. The third-order valence-corrected chi connectivity index (χ3v) is 12.7. The van der Waals surface area contributed by atoms with Gasteiger partial charge in [0.2, 0.25) is 0 Å². The first-order chi connectivity index (χ1) is 38.5. The third-order valence-electron chi connectivity index (χ3n) is 12.7. The van der Waals surface area contributed by atoms with Crippen molar-refractivity contribution in [3.8, 4) is 56.6 Å². The number of ether oxygens (including phenoxy) is 1. The van der Waals surface area contributed by atoms with E-state index >= 15 is 0 Å². The van der Waals surface area contributed by atoms with E-state index in [9.17, 15) is 0 Å². The topological polar surface area (TPSA) is 53.7 Å². The summed E-state index contributed by atoms with van der Waals surface area (Å²) in [5.74, 6) is 1.39. The summed E-state index contributed by atoms with van der Waals surface area (Å²) in [6.07, 6.45) is 7.08. The minimum atomic E-state index is -0.580. The van der Waals surface area contributed by atoms with E-state index in [1.54, 1.807) is 39.6 Å². The molecule has 5 heterocycles. The Morgan fingerprint density at radius 2 is 1.23 bits per heavy atom. The zero-order chi connectivity index (χ0) is 55.6. The van der Waals surface area contributed by atoms with Crippen LogP contribution in [0.1, 0.15) is 40.0 Å². The van der Waals surface area contributed by atoms with Crippen LogP contribution in [0.3, 0.4) is 0 Å². The van der Waals surface area contributed by atoms with Crippen LogP contribution < -0.4 is 9.30 Å². The van der Waals surface area contributed by atoms with Crippen LogP contribution in [0.25, 0.3) is 99.9 Å². The Morgan fingerprint density at radius 1 is 0.577 bits per heavy atom. The molecule has 8 heteroatoms. The first-order valence-electron chi connectivity index (χ1n) is 27.8. The number of nitrogens with zero attached hydrogens (tertiary/aromatic N) is 6. The van der Waals surface area contributed by atoms with Gasteiger partial charge in [-0.3, -0.25) is 4.57 Å². The van der Waals surface area contributed by atoms with Crippen molar-refractivity contribution in [2.75, 3.05) is 0 Å². The van der Waals surface area contributed by atoms with Gasteiger partial charge in [-0.2, -0.15) is 12.1 Å². The summed E-state index contributed by atoms with van der Waals surface area (Å²) in [7, 11) is 0. The molecule has 0 radical (unpaired) electrons. The number of rotatable bonds is 8. The smallest absolute Gasteiger partial charge is 0.268 e. The fraction of sp³-hybridized carbons (Fsp3) is 0.0635. The van der Waals surface area contributed by atoms with E-state index in [-0.39, 0.29) is 54.4 Å². The van der Waals surface area contributed by atoms with Crippen molar-refractivity contribution in [3.05, 3.63) is 236 Å². The predicted octanol–water partition coefficient (Wildman–Crippen LogP) is 14.7. The SMILES string of the molecule is [2H]c1c([2H])c([2H])c(-c2cccc(-c3c([2H])c([2H])c([2H])c([2H])c3[2H])c2-[n+]2[c-]n(-c3[c-]c(Oc4[c-]c5c(c(-n6c7ccccc7c7cccnc76)c4)c4ccccc4n5-c4cc(C(C)(C)C)ccn4)ccc3)c3ccccc32)c([2H])c1[2H].[Pt]. The van der Waals surface area contributed by atoms with E-state index in [0.717, 1.165) is 49.5 Å². The molecule has 0 saturated heterocycles. The summed E-state index contributed by atoms with van der Waals surface area (Å²) in [5, 5.41) is 3.91. The molecule has 0 fully saturated rings. The van der Waals surface area contributed by atoms with Crippen molar-refractivity contribution in [2.24, 2.45) is 0 Å². The van der Waals surface area contributed by atoms with Crippen LogP contribution in [0.2, 0.25) is 0 Å². The third kappa shape index (κ3) is 7.44. The first-order valence-corrected chi connectivity index (χ1v) is 22.8. The quantitative estimate of drug-likeness (QED) is 0.113. The van der Waals surface area contributed by atoms with Crippen molar-refractivity contribution in [3.63, 3.8) is 0 Å². The molecule has 0 amide bonds. The minimum Gasteiger partial charge on any atom is -0.510 e. The second kappa shape index (κ2) is 17.5. The maximum atomic E-state index is 9.10. The predicted molar refractivity (Wildman–Crippen MR) is 282 cm³/mol. The Morgan fingerprint density at radius 3 is 1.96 bits per heavy atom. The Kier molecular flexibility index (Phi) is 8.40. The summed E-state index contributed by atoms with van der Waals surface area (Å²) in [5.41, 5.74) is 6.77. The van der Waals surface area contributed by atoms with E-state index in [2.05, 4.69) is 84.8 Å². The van der Waals surface area contributed by atoms with Crippen molar-refractivity contribution in [1.29, 1.82) is 0 Å². The summed E-state index contributed by atoms with van der Waals surface area (Å²) in [6, 6.07) is 45.9. The Labute approximate surface area is 439 Å². The van der Waals surface area contributed by atoms with Crippen LogP contribution in [0.15, 0.2) is 212 Å². The molecule has 71 heavy (non-hydrogen) atoms. The summed E-state index contributed by atoms with van der Waals surface area (Å²) < 4.78 is 102. The van der Waals surface area contributed by atoms with Gasteiger partial charge in [-0.25, -0.2) is 9.97 Å². The molecule has 0 atom stereocenters. The standard InChI is InChI=1S/C63H44N6O.Pt/c1-63(2,3)44-34-36-64-59(37-44)68-54-31-13-11-26-52(54)60-57(68)39-47(40-58(60)69-53-30-12-10-25-50(53)51-29-18-35-65-62(51)69)70-46-24-16-23-45(38-46)66-41-67(56-33-15-14-32-55(56)66)61-48(42-19-6-4-7-20-42)27-17-28-49(61)43-21-8-5-9-22-43;/h4-37,40H,1-3H3;/q-2;/i4D,5D,6D,7D,8D,9D,19D,20D,21D,22D;. The van der Waals surface area contributed by atoms with Crippen LogP contribution in [0, 0.1) is 18.5 Å². The minimum absolute atomic E-state index is 0. The molecule has 0 aliphatic carbocycles. The molecule has 0 bridgehead atoms. The number of hydrogen-bond acceptors (Lipinski definition) is 3. The van der Waals surface area contributed by atoms with Gasteiger partial charge in [0.05, 0.1) is 35.9 Å². The van der Waals surface area contributed by atoms with Crippen LogP contribution in [0.5, 0.6) is 11.5 Å². The number of imidazole rings is 1. The zero-order valence-corrected chi connectivity index (χ0v) is 40.6. The number of benzene rings is 8. The molecule has 344 valence electrons. The summed E-state index contributed by atoms with van der Waals surface area (Å²) in [4.78, 5) is 9.93. The van der Waals surface area contributed by atoms with E-state index in [1.165, 1.54) is 0 Å². The largest absolute Gasteiger partial charge is 0.510 e. The molecular weight excluding hydrogens is 1050 g/mol. The Bertz CT molecular complexity index is 4580. The van der Waals surface area contributed by atoms with Crippen molar-refractivity contribution in [2.45, 2.75) is 26.2 Å². The van der Waals surface area contributed by atoms with Crippen molar-refractivity contribution in [1.82, 2.24) is 23.7 Å². The van der Waals surface area contributed by atoms with Gasteiger partial charge in [0.1, 0.15) is 11.5 Å². The monoisotopic (exact) mass is 1110 g/mol. The average Bonchev–Trinajstić information content (AvgIpc) is 4.23. The molecular formula is C63H44N6OPt-2. The van der Waals surface area contributed by atoms with Crippen molar-refractivity contribution < 1.29 is 44.1 Å². The van der Waals surface area contributed by atoms with Gasteiger partial charge in [0, 0.05) is 61.2 Å². The van der Waals surface area contributed by atoms with Crippen LogP contribution in [-0.2, 0) is 26.5 Å². The normalized spacial score (nSPS) is 13.7. The molecule has 0 saturated carbocycles. The number of para-hydroxylation sites is 5. The molecule has 7 nitrogen and oxygen atoms in total. The molecule has 13 rings (SSSR count). The molecule has 0 aliphatic heterocycles. The number of fused-ring (bicyclic) bond motifs is 7. The molecule has 0 aliphatic rings. The second-order valence-electron chi connectivity index (χ2n) is 17.9. The molecule has 0 unspecified atom stereocenters.